The summed E-state index contributed by atoms with van der Waals surface area (Å²) in [5.41, 5.74) is 6.10. The van der Waals surface area contributed by atoms with E-state index in [-0.39, 0.29) is 13.2 Å². The zero-order valence-electron chi connectivity index (χ0n) is 21.2. The first-order valence-corrected chi connectivity index (χ1v) is 12.4. The van der Waals surface area contributed by atoms with Gasteiger partial charge in [-0.05, 0) is 57.6 Å². The van der Waals surface area contributed by atoms with Crippen LogP contribution >= 0.6 is 0 Å². The van der Waals surface area contributed by atoms with Gasteiger partial charge >= 0.3 is 11.9 Å². The smallest absolute Gasteiger partial charge is 0.378 e. The molecule has 4 aromatic rings. The Hall–Kier alpha value is -5.10. The lowest BCUT2D eigenvalue weighted by Crippen LogP contribution is -2.28. The quantitative estimate of drug-likeness (QED) is 0.0723. The molecular weight excluding hydrogens is 492 g/mol. The van der Waals surface area contributed by atoms with Crippen LogP contribution in [0.5, 0.6) is 11.5 Å². The lowest BCUT2D eigenvalue weighted by atomic mass is 9.68. The van der Waals surface area contributed by atoms with Crippen LogP contribution in [0.25, 0.3) is 11.1 Å². The Bertz CT molecular complexity index is 1470. The molecular formula is C33H26O6. The van der Waals surface area contributed by atoms with E-state index in [2.05, 4.69) is 49.6 Å². The van der Waals surface area contributed by atoms with E-state index in [1.807, 2.05) is 48.5 Å². The monoisotopic (exact) mass is 518 g/mol. The number of ether oxygens (including phenoxy) is 2. The summed E-state index contributed by atoms with van der Waals surface area (Å²) in [6.45, 7) is 7.13. The van der Waals surface area contributed by atoms with Crippen molar-refractivity contribution < 1.29 is 28.8 Å². The topological polar surface area (TPSA) is 71.1 Å². The average molecular weight is 519 g/mol. The van der Waals surface area contributed by atoms with Gasteiger partial charge in [-0.15, -0.1) is 0 Å². The van der Waals surface area contributed by atoms with Crippen LogP contribution in [0.2, 0.25) is 0 Å². The molecule has 0 saturated heterocycles. The predicted molar refractivity (Wildman–Crippen MR) is 147 cm³/mol. The number of esters is 1. The second-order valence-corrected chi connectivity index (χ2v) is 8.80. The summed E-state index contributed by atoms with van der Waals surface area (Å²) in [7, 11) is 0. The highest BCUT2D eigenvalue weighted by Crippen LogP contribution is 2.56. The fraction of sp³-hybridized carbons (Fsp3) is 0.0909. The highest BCUT2D eigenvalue weighted by Gasteiger charge is 2.45. The van der Waals surface area contributed by atoms with Crippen molar-refractivity contribution in [3.63, 3.8) is 0 Å². The molecule has 0 fully saturated rings. The molecule has 0 radical (unpaired) electrons. The summed E-state index contributed by atoms with van der Waals surface area (Å²) in [6, 6.07) is 32.3. The van der Waals surface area contributed by atoms with Crippen LogP contribution in [-0.4, -0.2) is 25.2 Å². The third-order valence-corrected chi connectivity index (χ3v) is 6.68. The highest BCUT2D eigenvalue weighted by atomic mass is 17.2. The van der Waals surface area contributed by atoms with Gasteiger partial charge < -0.3 is 9.47 Å². The van der Waals surface area contributed by atoms with E-state index in [1.165, 1.54) is 0 Å². The molecule has 0 spiro atoms. The Labute approximate surface area is 226 Å². The summed E-state index contributed by atoms with van der Waals surface area (Å²) in [5.74, 6) is -0.0967. The molecule has 1 aliphatic carbocycles. The first kappa shape index (κ1) is 25.5. The van der Waals surface area contributed by atoms with Crippen molar-refractivity contribution in [1.82, 2.24) is 0 Å². The largest absolute Gasteiger partial charge is 0.490 e. The normalized spacial score (nSPS) is 12.4. The average Bonchev–Trinajstić information content (AvgIpc) is 3.29. The summed E-state index contributed by atoms with van der Waals surface area (Å²) in [6.07, 6.45) is 2.16. The molecule has 1 aliphatic rings. The van der Waals surface area contributed by atoms with E-state index in [0.717, 1.165) is 45.5 Å². The zero-order chi connectivity index (χ0) is 27.2. The van der Waals surface area contributed by atoms with Crippen LogP contribution in [0.3, 0.4) is 0 Å². The maximum absolute atomic E-state index is 11.4. The highest BCUT2D eigenvalue weighted by molar-refractivity contribution is 5.86. The van der Waals surface area contributed by atoms with Gasteiger partial charge in [-0.3, -0.25) is 4.89 Å². The molecule has 39 heavy (non-hydrogen) atoms. The molecule has 4 aromatic carbocycles. The second-order valence-electron chi connectivity index (χ2n) is 8.80. The fourth-order valence-corrected chi connectivity index (χ4v) is 5.07. The number of carbonyl (C=O) groups excluding carboxylic acids is 2. The minimum atomic E-state index is -0.671. The van der Waals surface area contributed by atoms with Gasteiger partial charge in [-0.1, -0.05) is 86.0 Å². The van der Waals surface area contributed by atoms with Crippen molar-refractivity contribution in [3.8, 4) is 22.6 Å². The van der Waals surface area contributed by atoms with Crippen molar-refractivity contribution in [1.29, 1.82) is 0 Å². The summed E-state index contributed by atoms with van der Waals surface area (Å²) >= 11 is 0. The standard InChI is InChI=1S/C33H26O6/c1-3-31(34)37-22-21-36-25-17-13-23(14-18-25)33(24-15-19-26(20-16-24)38-39-32(35)4-2)29-11-7-5-9-27(29)28-10-6-8-12-30(28)33/h3-20H,1-2,21-22H2. The number of hydrogen-bond acceptors (Lipinski definition) is 6. The maximum atomic E-state index is 11.4. The molecule has 0 N–H and O–H groups in total. The molecule has 0 heterocycles. The third kappa shape index (κ3) is 4.80. The van der Waals surface area contributed by atoms with Gasteiger partial charge in [0.2, 0.25) is 0 Å². The molecule has 0 unspecified atom stereocenters. The van der Waals surface area contributed by atoms with Crippen LogP contribution in [0.4, 0.5) is 0 Å². The summed E-state index contributed by atoms with van der Waals surface area (Å²) in [4.78, 5) is 32.6. The maximum Gasteiger partial charge on any atom is 0.378 e. The van der Waals surface area contributed by atoms with Gasteiger partial charge in [0.25, 0.3) is 0 Å². The number of benzene rings is 4. The lowest BCUT2D eigenvalue weighted by molar-refractivity contribution is -0.207. The van der Waals surface area contributed by atoms with Crippen molar-refractivity contribution in [3.05, 3.63) is 145 Å². The molecule has 6 heteroatoms. The number of fused-ring (bicyclic) bond motifs is 3. The molecule has 0 aliphatic heterocycles. The zero-order valence-corrected chi connectivity index (χ0v) is 21.2. The van der Waals surface area contributed by atoms with Gasteiger partial charge in [0.05, 0.1) is 5.41 Å². The van der Waals surface area contributed by atoms with E-state index in [4.69, 9.17) is 19.2 Å². The molecule has 6 nitrogen and oxygen atoms in total. The Balaban J connectivity index is 1.55. The van der Waals surface area contributed by atoms with E-state index in [1.54, 1.807) is 12.1 Å². The predicted octanol–water partition coefficient (Wildman–Crippen LogP) is 6.18. The van der Waals surface area contributed by atoms with Crippen molar-refractivity contribution in [2.24, 2.45) is 0 Å². The van der Waals surface area contributed by atoms with Crippen LogP contribution in [0.1, 0.15) is 22.3 Å². The number of hydrogen-bond donors (Lipinski definition) is 0. The van der Waals surface area contributed by atoms with Gasteiger partial charge in [0.15, 0.2) is 5.75 Å². The minimum Gasteiger partial charge on any atom is -0.490 e. The van der Waals surface area contributed by atoms with Crippen molar-refractivity contribution >= 4 is 11.9 Å². The van der Waals surface area contributed by atoms with E-state index in [9.17, 15) is 9.59 Å². The van der Waals surface area contributed by atoms with E-state index < -0.39 is 17.4 Å². The number of rotatable bonds is 10. The molecule has 0 bridgehead atoms. The molecule has 0 amide bonds. The molecule has 194 valence electrons. The first-order valence-electron chi connectivity index (χ1n) is 12.4. The molecule has 5 rings (SSSR count). The van der Waals surface area contributed by atoms with Gasteiger partial charge in [-0.2, -0.15) is 0 Å². The van der Waals surface area contributed by atoms with Crippen LogP contribution in [-0.2, 0) is 24.6 Å². The molecule has 0 aromatic heterocycles. The molecule has 0 atom stereocenters. The van der Waals surface area contributed by atoms with Gasteiger partial charge in [0, 0.05) is 12.2 Å². The second kappa shape index (κ2) is 11.1. The van der Waals surface area contributed by atoms with Gasteiger partial charge in [0.1, 0.15) is 19.0 Å². The first-order chi connectivity index (χ1) is 19.1. The van der Waals surface area contributed by atoms with E-state index in [0.29, 0.717) is 11.5 Å². The minimum absolute atomic E-state index is 0.133. The van der Waals surface area contributed by atoms with E-state index >= 15 is 0 Å². The van der Waals surface area contributed by atoms with Crippen LogP contribution in [0, 0.1) is 0 Å². The molecule has 0 saturated carbocycles. The van der Waals surface area contributed by atoms with Crippen LogP contribution in [0.15, 0.2) is 122 Å². The Morgan fingerprint density at radius 1 is 0.641 bits per heavy atom. The fourth-order valence-electron chi connectivity index (χ4n) is 5.07. The lowest BCUT2D eigenvalue weighted by Gasteiger charge is -2.34. The van der Waals surface area contributed by atoms with Gasteiger partial charge in [-0.25, -0.2) is 14.5 Å². The summed E-state index contributed by atoms with van der Waals surface area (Å²) < 4.78 is 10.8. The Morgan fingerprint density at radius 3 is 1.69 bits per heavy atom. The van der Waals surface area contributed by atoms with Crippen molar-refractivity contribution in [2.75, 3.05) is 13.2 Å². The SMILES string of the molecule is C=CC(=O)OCCOc1ccc(C2(c3ccc(OOC(=O)C=C)cc3)c3ccccc3-c3ccccc32)cc1. The number of carbonyl (C=O) groups is 2. The Kier molecular flexibility index (Phi) is 7.28. The Morgan fingerprint density at radius 2 is 1.15 bits per heavy atom. The summed E-state index contributed by atoms with van der Waals surface area (Å²) in [5, 5.41) is 0. The third-order valence-electron chi connectivity index (χ3n) is 6.68. The van der Waals surface area contributed by atoms with Crippen LogP contribution < -0.4 is 9.62 Å². The van der Waals surface area contributed by atoms with Crippen molar-refractivity contribution in [2.45, 2.75) is 5.41 Å².